The molecule has 0 heterocycles. The highest BCUT2D eigenvalue weighted by atomic mass is 31.2. The summed E-state index contributed by atoms with van der Waals surface area (Å²) >= 11 is 0. The molecule has 1 aromatic carbocycles. The van der Waals surface area contributed by atoms with E-state index < -0.39 is 7.60 Å². The van der Waals surface area contributed by atoms with E-state index in [-0.39, 0.29) is 18.1 Å². The number of benzene rings is 1. The zero-order valence-corrected chi connectivity index (χ0v) is 14.7. The lowest BCUT2D eigenvalue weighted by molar-refractivity contribution is 0.142. The molecule has 0 amide bonds. The summed E-state index contributed by atoms with van der Waals surface area (Å²) in [6, 6.07) is 7.79. The van der Waals surface area contributed by atoms with Gasteiger partial charge in [-0.05, 0) is 51.3 Å². The lowest BCUT2D eigenvalue weighted by Crippen LogP contribution is -2.13. The molecule has 0 unspecified atom stereocenters. The van der Waals surface area contributed by atoms with Crippen LogP contribution in [0.2, 0.25) is 0 Å². The Kier molecular flexibility index (Phi) is 6.92. The fourth-order valence-electron chi connectivity index (χ4n) is 2.14. The van der Waals surface area contributed by atoms with Gasteiger partial charge >= 0.3 is 7.60 Å². The highest BCUT2D eigenvalue weighted by Gasteiger charge is 2.30. The third-order valence-electron chi connectivity index (χ3n) is 2.90. The second-order valence-electron chi connectivity index (χ2n) is 5.78. The third kappa shape index (κ3) is 6.21. The van der Waals surface area contributed by atoms with Crippen LogP contribution in [0.5, 0.6) is 5.75 Å². The van der Waals surface area contributed by atoms with Crippen molar-refractivity contribution in [2.75, 3.05) is 13.3 Å². The molecule has 21 heavy (non-hydrogen) atoms. The van der Waals surface area contributed by atoms with Crippen molar-refractivity contribution in [1.82, 2.24) is 0 Å². The van der Waals surface area contributed by atoms with E-state index in [0.717, 1.165) is 11.3 Å². The first kappa shape index (κ1) is 18.2. The van der Waals surface area contributed by atoms with E-state index in [1.165, 1.54) is 0 Å². The SMILES string of the molecule is COc1cccc([C@H](C)CP(=O)(OC(C)C)OC(C)C)c1. The molecule has 0 saturated heterocycles. The Labute approximate surface area is 128 Å². The van der Waals surface area contributed by atoms with Crippen molar-refractivity contribution >= 4 is 7.60 Å². The number of hydrogen-bond donors (Lipinski definition) is 0. The highest BCUT2D eigenvalue weighted by molar-refractivity contribution is 7.53. The molecule has 0 bridgehead atoms. The second kappa shape index (κ2) is 7.98. The van der Waals surface area contributed by atoms with Crippen LogP contribution < -0.4 is 4.74 Å². The number of ether oxygens (including phenoxy) is 1. The van der Waals surface area contributed by atoms with Gasteiger partial charge in [-0.1, -0.05) is 19.1 Å². The first-order valence-electron chi connectivity index (χ1n) is 7.35. The summed E-state index contributed by atoms with van der Waals surface area (Å²) in [5.74, 6) is 0.854. The van der Waals surface area contributed by atoms with Gasteiger partial charge in [0.15, 0.2) is 0 Å². The van der Waals surface area contributed by atoms with Crippen LogP contribution in [-0.2, 0) is 13.6 Å². The van der Waals surface area contributed by atoms with Gasteiger partial charge in [0.25, 0.3) is 0 Å². The topological polar surface area (TPSA) is 44.8 Å². The van der Waals surface area contributed by atoms with E-state index in [1.807, 2.05) is 58.9 Å². The molecule has 1 atom stereocenters. The van der Waals surface area contributed by atoms with Crippen LogP contribution in [0.1, 0.15) is 46.1 Å². The summed E-state index contributed by atoms with van der Waals surface area (Å²) in [5, 5.41) is 0. The molecule has 1 aromatic rings. The minimum Gasteiger partial charge on any atom is -0.497 e. The van der Waals surface area contributed by atoms with Crippen LogP contribution >= 0.6 is 7.60 Å². The van der Waals surface area contributed by atoms with E-state index in [4.69, 9.17) is 13.8 Å². The Morgan fingerprint density at radius 3 is 2.10 bits per heavy atom. The maximum absolute atomic E-state index is 12.9. The van der Waals surface area contributed by atoms with Crippen LogP contribution in [0.4, 0.5) is 0 Å². The Balaban J connectivity index is 2.88. The standard InChI is InChI=1S/C16H27O4P/c1-12(2)19-21(17,20-13(3)4)11-14(5)15-8-7-9-16(10-15)18-6/h7-10,12-14H,11H2,1-6H3/t14-/m1/s1. The van der Waals surface area contributed by atoms with Crippen LogP contribution in [0.25, 0.3) is 0 Å². The van der Waals surface area contributed by atoms with E-state index in [9.17, 15) is 4.57 Å². The Hall–Kier alpha value is -0.830. The molecule has 0 aliphatic rings. The van der Waals surface area contributed by atoms with E-state index in [1.54, 1.807) is 7.11 Å². The van der Waals surface area contributed by atoms with Crippen molar-refractivity contribution in [1.29, 1.82) is 0 Å². The Morgan fingerprint density at radius 1 is 1.05 bits per heavy atom. The average Bonchev–Trinajstić information content (AvgIpc) is 2.36. The summed E-state index contributed by atoms with van der Waals surface area (Å²) in [6.45, 7) is 9.49. The van der Waals surface area contributed by atoms with Gasteiger partial charge in [-0.2, -0.15) is 0 Å². The molecule has 120 valence electrons. The normalized spacial score (nSPS) is 13.7. The largest absolute Gasteiger partial charge is 0.497 e. The Morgan fingerprint density at radius 2 is 1.62 bits per heavy atom. The van der Waals surface area contributed by atoms with Crippen LogP contribution in [0.15, 0.2) is 24.3 Å². The molecule has 4 nitrogen and oxygen atoms in total. The van der Waals surface area contributed by atoms with Gasteiger partial charge in [-0.3, -0.25) is 4.57 Å². The summed E-state index contributed by atoms with van der Waals surface area (Å²) < 4.78 is 29.3. The van der Waals surface area contributed by atoms with Gasteiger partial charge in [0.1, 0.15) is 5.75 Å². The van der Waals surface area contributed by atoms with Gasteiger partial charge in [-0.15, -0.1) is 0 Å². The number of methoxy groups -OCH3 is 1. The molecule has 5 heteroatoms. The molecule has 0 aromatic heterocycles. The van der Waals surface area contributed by atoms with Crippen molar-refractivity contribution in [3.8, 4) is 5.75 Å². The Bertz CT molecular complexity index is 471. The minimum absolute atomic E-state index is 0.0587. The molecule has 0 aliphatic carbocycles. The molecule has 0 saturated carbocycles. The predicted octanol–water partition coefficient (Wildman–Crippen LogP) is 4.84. The van der Waals surface area contributed by atoms with Crippen molar-refractivity contribution in [2.24, 2.45) is 0 Å². The van der Waals surface area contributed by atoms with Crippen molar-refractivity contribution in [3.05, 3.63) is 29.8 Å². The monoisotopic (exact) mass is 314 g/mol. The third-order valence-corrected chi connectivity index (χ3v) is 5.38. The molecule has 0 N–H and O–H groups in total. The quantitative estimate of drug-likeness (QED) is 0.644. The van der Waals surface area contributed by atoms with Gasteiger partial charge < -0.3 is 13.8 Å². The average molecular weight is 314 g/mol. The molecular weight excluding hydrogens is 287 g/mol. The van der Waals surface area contributed by atoms with Crippen LogP contribution in [-0.4, -0.2) is 25.5 Å². The lowest BCUT2D eigenvalue weighted by Gasteiger charge is -2.25. The van der Waals surface area contributed by atoms with Crippen molar-refractivity contribution < 1.29 is 18.3 Å². The maximum Gasteiger partial charge on any atom is 0.331 e. The maximum atomic E-state index is 12.9. The van der Waals surface area contributed by atoms with Crippen molar-refractivity contribution in [2.45, 2.75) is 52.7 Å². The zero-order valence-electron chi connectivity index (χ0n) is 13.8. The molecule has 0 radical (unpaired) electrons. The fraction of sp³-hybridized carbons (Fsp3) is 0.625. The summed E-state index contributed by atoms with van der Waals surface area (Å²) in [6.07, 6.45) is 0.0930. The smallest absolute Gasteiger partial charge is 0.331 e. The van der Waals surface area contributed by atoms with Gasteiger partial charge in [0, 0.05) is 0 Å². The molecular formula is C16H27O4P. The highest BCUT2D eigenvalue weighted by Crippen LogP contribution is 2.53. The predicted molar refractivity (Wildman–Crippen MR) is 86.3 cm³/mol. The summed E-state index contributed by atoms with van der Waals surface area (Å²) in [7, 11) is -1.48. The summed E-state index contributed by atoms with van der Waals surface area (Å²) in [4.78, 5) is 0. The summed E-state index contributed by atoms with van der Waals surface area (Å²) in [5.41, 5.74) is 1.06. The molecule has 0 fully saturated rings. The van der Waals surface area contributed by atoms with E-state index in [2.05, 4.69) is 0 Å². The van der Waals surface area contributed by atoms with Gasteiger partial charge in [0.05, 0.1) is 25.5 Å². The molecule has 0 aliphatic heterocycles. The van der Waals surface area contributed by atoms with E-state index in [0.29, 0.717) is 6.16 Å². The van der Waals surface area contributed by atoms with Gasteiger partial charge in [-0.25, -0.2) is 0 Å². The van der Waals surface area contributed by atoms with Crippen LogP contribution in [0, 0.1) is 0 Å². The minimum atomic E-state index is -3.12. The second-order valence-corrected chi connectivity index (χ2v) is 7.79. The van der Waals surface area contributed by atoms with E-state index >= 15 is 0 Å². The number of hydrogen-bond acceptors (Lipinski definition) is 4. The first-order chi connectivity index (χ1) is 9.75. The zero-order chi connectivity index (χ0) is 16.0. The lowest BCUT2D eigenvalue weighted by atomic mass is 10.0. The molecule has 1 rings (SSSR count). The number of rotatable bonds is 8. The van der Waals surface area contributed by atoms with Crippen LogP contribution in [0.3, 0.4) is 0 Å². The van der Waals surface area contributed by atoms with Gasteiger partial charge in [0.2, 0.25) is 0 Å². The molecule has 0 spiro atoms. The fourth-order valence-corrected chi connectivity index (χ4v) is 4.53. The first-order valence-corrected chi connectivity index (χ1v) is 9.08. The van der Waals surface area contributed by atoms with Crippen molar-refractivity contribution in [3.63, 3.8) is 0 Å².